The van der Waals surface area contributed by atoms with E-state index >= 15 is 0 Å². The molecule has 0 saturated heterocycles. The van der Waals surface area contributed by atoms with E-state index in [9.17, 15) is 0 Å². The number of rotatable bonds is 3. The summed E-state index contributed by atoms with van der Waals surface area (Å²) in [5.74, 6) is 0.808. The highest BCUT2D eigenvalue weighted by Crippen LogP contribution is 2.54. The van der Waals surface area contributed by atoms with Gasteiger partial charge in [-0.15, -0.1) is 0 Å². The Hall–Kier alpha value is -1.63. The van der Waals surface area contributed by atoms with Crippen LogP contribution < -0.4 is 0 Å². The molecule has 18 heavy (non-hydrogen) atoms. The molecule has 2 atom stereocenters. The van der Waals surface area contributed by atoms with Crippen LogP contribution >= 0.6 is 0 Å². The molecule has 1 aliphatic rings. The van der Waals surface area contributed by atoms with Crippen LogP contribution in [0.3, 0.4) is 0 Å². The molecule has 1 heteroatoms. The zero-order chi connectivity index (χ0) is 12.6. The van der Waals surface area contributed by atoms with Gasteiger partial charge in [-0.2, -0.15) is 0 Å². The molecule has 0 amide bonds. The number of aromatic nitrogens is 1. The van der Waals surface area contributed by atoms with E-state index < -0.39 is 0 Å². The molecule has 3 rings (SSSR count). The van der Waals surface area contributed by atoms with E-state index in [1.165, 1.54) is 17.5 Å². The Morgan fingerprint density at radius 1 is 1.17 bits per heavy atom. The minimum absolute atomic E-state index is 0.394. The fourth-order valence-electron chi connectivity index (χ4n) is 2.88. The third kappa shape index (κ3) is 1.94. The molecule has 0 aliphatic heterocycles. The zero-order valence-corrected chi connectivity index (χ0v) is 11.1. The van der Waals surface area contributed by atoms with Crippen molar-refractivity contribution < 1.29 is 0 Å². The summed E-state index contributed by atoms with van der Waals surface area (Å²) in [6, 6.07) is 15.0. The molecule has 2 aromatic rings. The van der Waals surface area contributed by atoms with Crippen molar-refractivity contribution in [3.8, 4) is 0 Å². The van der Waals surface area contributed by atoms with Gasteiger partial charge in [0.2, 0.25) is 0 Å². The minimum Gasteiger partial charge on any atom is -0.261 e. The fraction of sp³-hybridized carbons (Fsp3) is 0.353. The van der Waals surface area contributed by atoms with E-state index in [0.29, 0.717) is 5.41 Å². The van der Waals surface area contributed by atoms with E-state index in [4.69, 9.17) is 0 Å². The summed E-state index contributed by atoms with van der Waals surface area (Å²) in [6.07, 6.45) is 4.13. The molecule has 0 spiro atoms. The topological polar surface area (TPSA) is 12.9 Å². The molecule has 1 fully saturated rings. The van der Waals surface area contributed by atoms with Gasteiger partial charge in [-0.25, -0.2) is 0 Å². The summed E-state index contributed by atoms with van der Waals surface area (Å²) in [7, 11) is 0. The summed E-state index contributed by atoms with van der Waals surface area (Å²) >= 11 is 0. The summed E-state index contributed by atoms with van der Waals surface area (Å²) in [5, 5.41) is 0. The number of hydrogen-bond acceptors (Lipinski definition) is 1. The first-order chi connectivity index (χ1) is 8.70. The van der Waals surface area contributed by atoms with Crippen LogP contribution in [-0.4, -0.2) is 4.98 Å². The van der Waals surface area contributed by atoms with Crippen molar-refractivity contribution in [2.75, 3.05) is 0 Å². The molecule has 1 aliphatic carbocycles. The Bertz CT molecular complexity index is 547. The molecular formula is C17H19N. The number of pyridine rings is 1. The molecule has 0 N–H and O–H groups in total. The van der Waals surface area contributed by atoms with Crippen LogP contribution in [0.15, 0.2) is 48.7 Å². The van der Waals surface area contributed by atoms with Crippen LogP contribution in [0, 0.1) is 5.92 Å². The van der Waals surface area contributed by atoms with Gasteiger partial charge in [0.25, 0.3) is 0 Å². The number of hydrogen-bond donors (Lipinski definition) is 0. The predicted molar refractivity (Wildman–Crippen MR) is 74.6 cm³/mol. The van der Waals surface area contributed by atoms with E-state index in [1.54, 1.807) is 0 Å². The van der Waals surface area contributed by atoms with E-state index in [-0.39, 0.29) is 0 Å². The lowest BCUT2D eigenvalue weighted by atomic mass is 9.89. The van der Waals surface area contributed by atoms with Gasteiger partial charge < -0.3 is 0 Å². The van der Waals surface area contributed by atoms with Gasteiger partial charge in [0, 0.05) is 18.3 Å². The first kappa shape index (κ1) is 11.5. The quantitative estimate of drug-likeness (QED) is 0.787. The van der Waals surface area contributed by atoms with E-state index in [2.05, 4.69) is 55.2 Å². The average Bonchev–Trinajstić information content (AvgIpc) is 3.00. The fourth-order valence-corrected chi connectivity index (χ4v) is 2.88. The second-order valence-electron chi connectivity index (χ2n) is 5.68. The van der Waals surface area contributed by atoms with Crippen LogP contribution in [0.1, 0.15) is 37.1 Å². The molecule has 92 valence electrons. The lowest BCUT2D eigenvalue weighted by molar-refractivity contribution is 0.693. The van der Waals surface area contributed by atoms with Crippen molar-refractivity contribution in [2.24, 2.45) is 5.92 Å². The highest BCUT2D eigenvalue weighted by molar-refractivity contribution is 5.40. The summed E-state index contributed by atoms with van der Waals surface area (Å²) in [6.45, 7) is 4.73. The lowest BCUT2D eigenvalue weighted by Crippen LogP contribution is -2.08. The molecule has 0 radical (unpaired) electrons. The van der Waals surface area contributed by atoms with Crippen LogP contribution in [0.2, 0.25) is 0 Å². The molecule has 1 aromatic heterocycles. The van der Waals surface area contributed by atoms with Crippen molar-refractivity contribution >= 4 is 0 Å². The SMILES string of the molecule is CC1CC1(C)c1ccccc1Cc1ccccn1. The van der Waals surface area contributed by atoms with Crippen molar-refractivity contribution in [3.63, 3.8) is 0 Å². The Morgan fingerprint density at radius 2 is 1.89 bits per heavy atom. The minimum atomic E-state index is 0.394. The Balaban J connectivity index is 1.93. The van der Waals surface area contributed by atoms with E-state index in [1.807, 2.05) is 12.3 Å². The first-order valence-electron chi connectivity index (χ1n) is 6.68. The standard InChI is InChI=1S/C17H19N/c1-13-12-17(13,2)16-9-4-3-7-14(16)11-15-8-5-6-10-18-15/h3-10,13H,11-12H2,1-2H3. The van der Waals surface area contributed by atoms with Crippen LogP contribution in [0.5, 0.6) is 0 Å². The van der Waals surface area contributed by atoms with Gasteiger partial charge in [-0.05, 0) is 41.0 Å². The highest BCUT2D eigenvalue weighted by atomic mass is 14.7. The highest BCUT2D eigenvalue weighted by Gasteiger charge is 2.48. The van der Waals surface area contributed by atoms with Crippen molar-refractivity contribution in [2.45, 2.75) is 32.1 Å². The third-order valence-electron chi connectivity index (χ3n) is 4.39. The number of benzene rings is 1. The lowest BCUT2D eigenvalue weighted by Gasteiger charge is -2.16. The summed E-state index contributed by atoms with van der Waals surface area (Å²) in [4.78, 5) is 4.44. The normalized spacial score (nSPS) is 26.0. The molecule has 1 aromatic carbocycles. The summed E-state index contributed by atoms with van der Waals surface area (Å²) < 4.78 is 0. The van der Waals surface area contributed by atoms with Gasteiger partial charge in [0.15, 0.2) is 0 Å². The first-order valence-corrected chi connectivity index (χ1v) is 6.68. The molecule has 1 nitrogen and oxygen atoms in total. The van der Waals surface area contributed by atoms with Gasteiger partial charge in [0.1, 0.15) is 0 Å². The van der Waals surface area contributed by atoms with Gasteiger partial charge in [-0.1, -0.05) is 44.2 Å². The van der Waals surface area contributed by atoms with E-state index in [0.717, 1.165) is 18.0 Å². The van der Waals surface area contributed by atoms with Crippen molar-refractivity contribution in [1.82, 2.24) is 4.98 Å². The zero-order valence-electron chi connectivity index (χ0n) is 11.1. The van der Waals surface area contributed by atoms with Crippen LogP contribution in [-0.2, 0) is 11.8 Å². The van der Waals surface area contributed by atoms with Gasteiger partial charge in [0.05, 0.1) is 0 Å². The van der Waals surface area contributed by atoms with Crippen LogP contribution in [0.25, 0.3) is 0 Å². The predicted octanol–water partition coefficient (Wildman–Crippen LogP) is 3.97. The molecular weight excluding hydrogens is 218 g/mol. The molecule has 2 unspecified atom stereocenters. The van der Waals surface area contributed by atoms with Crippen LogP contribution in [0.4, 0.5) is 0 Å². The molecule has 0 bridgehead atoms. The molecule has 1 heterocycles. The average molecular weight is 237 g/mol. The Morgan fingerprint density at radius 3 is 2.56 bits per heavy atom. The molecule has 1 saturated carbocycles. The monoisotopic (exact) mass is 237 g/mol. The van der Waals surface area contributed by atoms with Gasteiger partial charge in [-0.3, -0.25) is 4.98 Å². The Labute approximate surface area is 109 Å². The number of nitrogens with zero attached hydrogens (tertiary/aromatic N) is 1. The van der Waals surface area contributed by atoms with Gasteiger partial charge >= 0.3 is 0 Å². The van der Waals surface area contributed by atoms with Crippen molar-refractivity contribution in [1.29, 1.82) is 0 Å². The Kier molecular flexibility index (Phi) is 2.70. The maximum atomic E-state index is 4.44. The maximum absolute atomic E-state index is 4.44. The summed E-state index contributed by atoms with van der Waals surface area (Å²) in [5.41, 5.74) is 4.50. The second-order valence-corrected chi connectivity index (χ2v) is 5.68. The smallest absolute Gasteiger partial charge is 0.0447 e. The largest absolute Gasteiger partial charge is 0.261 e. The van der Waals surface area contributed by atoms with Crippen molar-refractivity contribution in [3.05, 3.63) is 65.5 Å². The maximum Gasteiger partial charge on any atom is 0.0447 e. The second kappa shape index (κ2) is 4.24. The third-order valence-corrected chi connectivity index (χ3v) is 4.39.